The Morgan fingerprint density at radius 2 is 0.676 bits per heavy atom. The average Bonchev–Trinajstić information content (AvgIpc) is 0.816. The second-order valence-electron chi connectivity index (χ2n) is 50.5. The molecule has 12 aliphatic carbocycles. The summed E-state index contributed by atoms with van der Waals surface area (Å²) in [5, 5.41) is 9.89. The van der Waals surface area contributed by atoms with E-state index in [0.717, 1.165) is 143 Å². The Morgan fingerprint density at radius 3 is 0.963 bits per heavy atom. The zero-order valence-electron chi connectivity index (χ0n) is 85.6. The number of hydrogen-bond acceptors (Lipinski definition) is 24. The number of ether oxygens (including phenoxy) is 9. The van der Waals surface area contributed by atoms with E-state index in [4.69, 9.17) is 42.6 Å². The van der Waals surface area contributed by atoms with Crippen LogP contribution in [0, 0.1) is 146 Å². The van der Waals surface area contributed by atoms with Crippen molar-refractivity contribution < 1.29 is 100 Å². The van der Waals surface area contributed by atoms with Crippen LogP contribution in [0.15, 0.2) is 94.6 Å². The molecule has 8 heterocycles. The number of fused-ring (bicyclic) bond motifs is 20. The molecule has 0 radical (unpaired) electrons. The number of ketones is 4. The van der Waals surface area contributed by atoms with E-state index in [9.17, 15) is 57.5 Å². The van der Waals surface area contributed by atoms with Crippen LogP contribution in [-0.4, -0.2) is 153 Å². The molecule has 0 saturated heterocycles. The lowest BCUT2D eigenvalue weighted by atomic mass is 9.37. The SMILES string of the molecule is CC(=O)O[C@@H]1CC2C(C)(C)C(=O)CC[C@]2(C)C2CC[C@]3(C)C(=CC(=O)O[C@H]3C3=CCNC3)[C@@]21C.CC(=O)O[C@@H]1CC2C(C)(C)C(=O)CC[C@]2(C)C2CC[C@]3(C)C(=CC(=O)O[C@H]3C3=CNCC3)[C@@]21C.CC(=O)O[C@@H]1CC2C(C)(C)C(=O)CC[C@]2(C)C2CC[C@]3(C)C(=CC(=O)O[C@H]3C3C=CNC3)[C@@]21C.CC(=O)O[C@@H]1CC2C(C)(C)C(=O)CC[C@]2(C)C2CC[C@]3(C)C(=CC(=O)O[C@H]3C3C=COC3)[C@@]21C. The van der Waals surface area contributed by atoms with Crippen LogP contribution in [0.5, 0.6) is 0 Å². The van der Waals surface area contributed by atoms with Gasteiger partial charge in [0.15, 0.2) is 0 Å². The van der Waals surface area contributed by atoms with E-state index in [0.29, 0.717) is 81.1 Å². The van der Waals surface area contributed by atoms with Gasteiger partial charge in [0, 0.05) is 175 Å². The van der Waals surface area contributed by atoms with Gasteiger partial charge in [0.25, 0.3) is 0 Å². The van der Waals surface area contributed by atoms with Crippen molar-refractivity contribution in [2.75, 3.05) is 32.8 Å². The molecule has 136 heavy (non-hydrogen) atoms. The van der Waals surface area contributed by atoms with Crippen LogP contribution < -0.4 is 16.0 Å². The van der Waals surface area contributed by atoms with Crippen LogP contribution in [0.2, 0.25) is 0 Å². The van der Waals surface area contributed by atoms with Crippen molar-refractivity contribution in [2.24, 2.45) is 146 Å². The summed E-state index contributed by atoms with van der Waals surface area (Å²) < 4.78 is 53.9. The molecule has 12 saturated carbocycles. The molecule has 744 valence electrons. The fourth-order valence-electron chi connectivity index (χ4n) is 36.0. The first-order chi connectivity index (χ1) is 63.4. The number of esters is 8. The van der Waals surface area contributed by atoms with Crippen LogP contribution in [0.4, 0.5) is 0 Å². The van der Waals surface area contributed by atoms with E-state index in [1.54, 1.807) is 30.6 Å². The van der Waals surface area contributed by atoms with Gasteiger partial charge >= 0.3 is 47.8 Å². The molecule has 0 spiro atoms. The molecular weight excluding hydrogens is 1720 g/mol. The van der Waals surface area contributed by atoms with Gasteiger partial charge in [-0.05, 0) is 230 Å². The molecule has 30 atom stereocenters. The van der Waals surface area contributed by atoms with Gasteiger partial charge in [0.2, 0.25) is 0 Å². The molecule has 3 N–H and O–H groups in total. The van der Waals surface area contributed by atoms with Crippen LogP contribution in [-0.2, 0) is 100 Å². The van der Waals surface area contributed by atoms with E-state index < -0.39 is 49.4 Å². The van der Waals surface area contributed by atoms with Gasteiger partial charge in [-0.2, -0.15) is 0 Å². The molecule has 20 rings (SSSR count). The fraction of sp³-hybridized carbons (Fsp3) is 0.750. The van der Waals surface area contributed by atoms with Crippen molar-refractivity contribution >= 4 is 70.9 Å². The van der Waals surface area contributed by atoms with Gasteiger partial charge < -0.3 is 58.6 Å². The molecular formula is C112H155N3O21. The van der Waals surface area contributed by atoms with Crippen LogP contribution in [0.25, 0.3) is 0 Å². The summed E-state index contributed by atoms with van der Waals surface area (Å²) in [5.74, 6) is 0.175. The Balaban J connectivity index is 0.000000126. The van der Waals surface area contributed by atoms with Gasteiger partial charge in [-0.15, -0.1) is 0 Å². The van der Waals surface area contributed by atoms with E-state index in [1.165, 1.54) is 27.7 Å². The highest BCUT2D eigenvalue weighted by Crippen LogP contribution is 2.78. The second-order valence-corrected chi connectivity index (χ2v) is 50.5. The molecule has 0 aromatic carbocycles. The van der Waals surface area contributed by atoms with Crippen LogP contribution >= 0.6 is 0 Å². The van der Waals surface area contributed by atoms with E-state index in [1.807, 2.05) is 18.5 Å². The second kappa shape index (κ2) is 33.7. The normalized spacial score (nSPS) is 46.0. The molecule has 24 nitrogen and oxygen atoms in total. The van der Waals surface area contributed by atoms with Crippen molar-refractivity contribution in [1.29, 1.82) is 0 Å². The van der Waals surface area contributed by atoms with Crippen molar-refractivity contribution in [3.05, 3.63) is 94.6 Å². The summed E-state index contributed by atoms with van der Waals surface area (Å²) in [6.45, 7) is 53.2. The molecule has 20 aliphatic rings. The van der Waals surface area contributed by atoms with Gasteiger partial charge in [0.1, 0.15) is 72.0 Å². The lowest BCUT2D eigenvalue weighted by Crippen LogP contribution is -2.67. The average molecular weight is 1880 g/mol. The monoisotopic (exact) mass is 1880 g/mol. The summed E-state index contributed by atoms with van der Waals surface area (Å²) in [7, 11) is 0. The first kappa shape index (κ1) is 99.3. The number of hydrogen-bond donors (Lipinski definition) is 3. The van der Waals surface area contributed by atoms with Crippen molar-refractivity contribution in [2.45, 2.75) is 350 Å². The maximum Gasteiger partial charge on any atom is 0.331 e. The fourth-order valence-corrected chi connectivity index (χ4v) is 36.0. The highest BCUT2D eigenvalue weighted by atomic mass is 16.6. The maximum absolute atomic E-state index is 13.0. The summed E-state index contributed by atoms with van der Waals surface area (Å²) in [5.41, 5.74) is 1.00. The Morgan fingerprint density at radius 1 is 0.360 bits per heavy atom. The van der Waals surface area contributed by atoms with Gasteiger partial charge in [-0.25, -0.2) is 19.2 Å². The number of carbonyl (C=O) groups is 12. The topological polar surface area (TPSA) is 324 Å². The van der Waals surface area contributed by atoms with E-state index >= 15 is 0 Å². The quantitative estimate of drug-likeness (QED) is 0.115. The molecule has 0 amide bonds. The number of rotatable bonds is 8. The summed E-state index contributed by atoms with van der Waals surface area (Å²) >= 11 is 0. The van der Waals surface area contributed by atoms with Gasteiger partial charge in [-0.3, -0.25) is 38.4 Å². The van der Waals surface area contributed by atoms with Crippen LogP contribution in [0.3, 0.4) is 0 Å². The molecule has 24 heteroatoms. The van der Waals surface area contributed by atoms with Crippen molar-refractivity contribution in [3.8, 4) is 0 Å². The molecule has 0 aromatic rings. The van der Waals surface area contributed by atoms with Gasteiger partial charge in [-0.1, -0.05) is 151 Å². The highest BCUT2D eigenvalue weighted by molar-refractivity contribution is 5.90. The predicted molar refractivity (Wildman–Crippen MR) is 508 cm³/mol. The first-order valence-electron chi connectivity index (χ1n) is 51.4. The molecule has 0 bridgehead atoms. The summed E-state index contributed by atoms with van der Waals surface area (Å²) in [4.78, 5) is 153. The van der Waals surface area contributed by atoms with Crippen molar-refractivity contribution in [1.82, 2.24) is 16.0 Å². The zero-order valence-corrected chi connectivity index (χ0v) is 85.6. The Kier molecular flexibility index (Phi) is 24.6. The standard InChI is InChI=1S/3C28H39NO5.C28H38O6/c3*1-16(30)33-22-13-19-25(2,3)21(31)8-11-26(19,4)18-7-10-27(5)20(28(18,22)6)14-23(32)34-24(27)17-9-12-29-15-17;1-16(29)33-22-13-19-25(2,3)21(30)8-11-26(19,4)18-7-10-27(5)20(28(18,22)6)14-23(31)34-24(27)17-9-12-32-15-17/h14-15,18-19,22,24,29H,7-13H2,1-6H3;9,14,18-19,22,24,29H,7-8,10-13,15H2,1-6H3;9,12,14,17-19,22,24,29H,7-8,10-11,13,15H2,1-6H3;9,12,14,17-19,22,24H,7-8,10-11,13,15H2,1-6H3/t2*18?,19?,22-,24+,26-,27-,28-;2*17?,18?,19?,22-,24+,26-,27-,28-/m1111/s1. The summed E-state index contributed by atoms with van der Waals surface area (Å²) in [6.07, 6.45) is 32.5. The molecule has 12 fully saturated rings. The Labute approximate surface area is 805 Å². The minimum absolute atomic E-state index is 0.00290. The third-order valence-electron chi connectivity index (χ3n) is 42.6. The third-order valence-corrected chi connectivity index (χ3v) is 42.6. The number of carbonyl (C=O) groups excluding carboxylic acids is 12. The van der Waals surface area contributed by atoms with Crippen LogP contribution in [0.1, 0.15) is 301 Å². The zero-order chi connectivity index (χ0) is 98.7. The van der Waals surface area contributed by atoms with Crippen molar-refractivity contribution in [3.63, 3.8) is 0 Å². The number of nitrogens with one attached hydrogen (secondary N) is 3. The smallest absolute Gasteiger partial charge is 0.331 e. The minimum atomic E-state index is -0.513. The Hall–Kier alpha value is -8.28. The number of cyclic esters (lactones) is 4. The largest absolute Gasteiger partial charge is 0.501 e. The van der Waals surface area contributed by atoms with Gasteiger partial charge in [0.05, 0.1) is 18.8 Å². The maximum atomic E-state index is 13.0. The summed E-state index contributed by atoms with van der Waals surface area (Å²) in [6, 6.07) is 0. The predicted octanol–water partition coefficient (Wildman–Crippen LogP) is 17.7. The third kappa shape index (κ3) is 14.8. The number of Topliss-reactive ketones (excluding diaryl/α,β-unsaturated/α-hetero) is 4. The first-order valence-corrected chi connectivity index (χ1v) is 51.4. The minimum Gasteiger partial charge on any atom is -0.501 e. The van der Waals surface area contributed by atoms with E-state index in [-0.39, 0.29) is 193 Å². The Bertz CT molecular complexity index is 4970. The van der Waals surface area contributed by atoms with E-state index in [2.05, 4.69) is 167 Å². The highest BCUT2D eigenvalue weighted by Gasteiger charge is 2.76. The lowest BCUT2D eigenvalue weighted by Gasteiger charge is -2.68. The molecule has 10 unspecified atom stereocenters. The molecule has 0 aromatic heterocycles. The molecule has 8 aliphatic heterocycles. The lowest BCUT2D eigenvalue weighted by molar-refractivity contribution is -0.212.